The fraction of sp³-hybridized carbons (Fsp3) is 0.263. The summed E-state index contributed by atoms with van der Waals surface area (Å²) in [5.41, 5.74) is 4.10. The van der Waals surface area contributed by atoms with Crippen LogP contribution in [-0.2, 0) is 22.3 Å². The predicted molar refractivity (Wildman–Crippen MR) is 112 cm³/mol. The van der Waals surface area contributed by atoms with Crippen molar-refractivity contribution >= 4 is 42.7 Å². The number of rotatable bonds is 7. The molecule has 0 spiro atoms. The van der Waals surface area contributed by atoms with Crippen molar-refractivity contribution in [2.24, 2.45) is 0 Å². The Labute approximate surface area is 167 Å². The van der Waals surface area contributed by atoms with Gasteiger partial charge < -0.3 is 5.32 Å². The predicted octanol–water partition coefficient (Wildman–Crippen LogP) is 3.83. The Morgan fingerprint density at radius 1 is 1.11 bits per heavy atom. The number of anilines is 1. The van der Waals surface area contributed by atoms with Crippen LogP contribution in [0.2, 0.25) is 0 Å². The first-order valence-electron chi connectivity index (χ1n) is 8.55. The fourth-order valence-electron chi connectivity index (χ4n) is 2.81. The highest BCUT2D eigenvalue weighted by Crippen LogP contribution is 2.23. The van der Waals surface area contributed by atoms with Crippen LogP contribution in [0.1, 0.15) is 25.0 Å². The first kappa shape index (κ1) is 19.7. The molecule has 1 aromatic carbocycles. The zero-order valence-corrected chi connectivity index (χ0v) is 17.5. The average molecular weight is 449 g/mol. The van der Waals surface area contributed by atoms with Gasteiger partial charge in [0, 0.05) is 29.5 Å². The van der Waals surface area contributed by atoms with Gasteiger partial charge in [-0.2, -0.15) is 0 Å². The third kappa shape index (κ3) is 5.24. The third-order valence-corrected chi connectivity index (χ3v) is 5.85. The molecular formula is C19H21BrN4O2S. The van der Waals surface area contributed by atoms with Gasteiger partial charge in [-0.25, -0.2) is 13.1 Å². The lowest BCUT2D eigenvalue weighted by Gasteiger charge is -2.14. The van der Waals surface area contributed by atoms with Crippen LogP contribution in [0, 0.1) is 0 Å². The lowest BCUT2D eigenvalue weighted by atomic mass is 10.1. The second kappa shape index (κ2) is 8.33. The number of aromatic nitrogens is 2. The minimum absolute atomic E-state index is 0.0503. The van der Waals surface area contributed by atoms with Crippen LogP contribution in [0.15, 0.2) is 53.3 Å². The number of pyridine rings is 2. The Morgan fingerprint density at radius 2 is 1.85 bits per heavy atom. The van der Waals surface area contributed by atoms with E-state index in [4.69, 9.17) is 0 Å². The summed E-state index contributed by atoms with van der Waals surface area (Å²) < 4.78 is 28.1. The van der Waals surface area contributed by atoms with E-state index in [2.05, 4.69) is 35.9 Å². The molecule has 27 heavy (non-hydrogen) atoms. The quantitative estimate of drug-likeness (QED) is 0.573. The minimum atomic E-state index is -3.38. The molecule has 0 bridgehead atoms. The van der Waals surface area contributed by atoms with Crippen molar-refractivity contribution in [1.29, 1.82) is 0 Å². The number of hydrogen-bond acceptors (Lipinski definition) is 5. The molecule has 0 aliphatic heterocycles. The normalized spacial score (nSPS) is 11.9. The zero-order chi connectivity index (χ0) is 19.4. The average Bonchev–Trinajstić information content (AvgIpc) is 2.59. The van der Waals surface area contributed by atoms with Gasteiger partial charge in [-0.1, -0.05) is 24.3 Å². The maximum atomic E-state index is 12.3. The second-order valence-corrected chi connectivity index (χ2v) is 9.20. The maximum Gasteiger partial charge on any atom is 0.216 e. The van der Waals surface area contributed by atoms with Gasteiger partial charge in [0.05, 0.1) is 17.0 Å². The standard InChI is InChI=1S/C19H21BrN4O2S/c1-13(2)24-27(25,26)12-15-6-4-3-5-14(15)10-22-17-7-8-21-18-9-16(20)11-23-19(17)18/h3-9,11,13,24H,10,12H2,1-2H3,(H,21,22). The van der Waals surface area contributed by atoms with E-state index in [9.17, 15) is 8.42 Å². The van der Waals surface area contributed by atoms with Crippen molar-refractivity contribution in [3.8, 4) is 0 Å². The molecule has 0 saturated carbocycles. The molecular weight excluding hydrogens is 428 g/mol. The van der Waals surface area contributed by atoms with E-state index in [0.29, 0.717) is 6.54 Å². The highest BCUT2D eigenvalue weighted by molar-refractivity contribution is 9.10. The van der Waals surface area contributed by atoms with E-state index in [1.165, 1.54) is 0 Å². The summed E-state index contributed by atoms with van der Waals surface area (Å²) in [7, 11) is -3.38. The molecule has 0 radical (unpaired) electrons. The Morgan fingerprint density at radius 3 is 2.59 bits per heavy atom. The Bertz CT molecular complexity index is 1050. The summed E-state index contributed by atoms with van der Waals surface area (Å²) >= 11 is 3.40. The van der Waals surface area contributed by atoms with Gasteiger partial charge in [-0.3, -0.25) is 9.97 Å². The first-order chi connectivity index (χ1) is 12.8. The van der Waals surface area contributed by atoms with Crippen LogP contribution in [0.25, 0.3) is 11.0 Å². The van der Waals surface area contributed by atoms with E-state index in [1.54, 1.807) is 12.4 Å². The Kier molecular flexibility index (Phi) is 6.08. The number of nitrogens with zero attached hydrogens (tertiary/aromatic N) is 2. The van der Waals surface area contributed by atoms with Gasteiger partial charge in [-0.15, -0.1) is 0 Å². The highest BCUT2D eigenvalue weighted by atomic mass is 79.9. The molecule has 0 saturated heterocycles. The second-order valence-electron chi connectivity index (χ2n) is 6.53. The maximum absolute atomic E-state index is 12.3. The van der Waals surface area contributed by atoms with Gasteiger partial charge in [-0.05, 0) is 53.0 Å². The number of fused-ring (bicyclic) bond motifs is 1. The topological polar surface area (TPSA) is 84.0 Å². The largest absolute Gasteiger partial charge is 0.379 e. The Balaban J connectivity index is 1.82. The summed E-state index contributed by atoms with van der Waals surface area (Å²) in [5.74, 6) is -0.0503. The number of hydrogen-bond donors (Lipinski definition) is 2. The van der Waals surface area contributed by atoms with E-state index < -0.39 is 10.0 Å². The molecule has 2 aromatic heterocycles. The third-order valence-electron chi connectivity index (χ3n) is 3.89. The van der Waals surface area contributed by atoms with E-state index in [1.807, 2.05) is 50.2 Å². The van der Waals surface area contributed by atoms with Crippen molar-refractivity contribution in [1.82, 2.24) is 14.7 Å². The lowest BCUT2D eigenvalue weighted by molar-refractivity contribution is 0.569. The fourth-order valence-corrected chi connectivity index (χ4v) is 4.63. The summed E-state index contributed by atoms with van der Waals surface area (Å²) in [6.07, 6.45) is 3.45. The van der Waals surface area contributed by atoms with Crippen molar-refractivity contribution < 1.29 is 8.42 Å². The monoisotopic (exact) mass is 448 g/mol. The number of nitrogens with one attached hydrogen (secondary N) is 2. The smallest absolute Gasteiger partial charge is 0.216 e. The van der Waals surface area contributed by atoms with Gasteiger partial charge in [0.1, 0.15) is 5.52 Å². The molecule has 2 N–H and O–H groups in total. The number of sulfonamides is 1. The molecule has 2 heterocycles. The van der Waals surface area contributed by atoms with Crippen molar-refractivity contribution in [3.05, 3.63) is 64.4 Å². The summed E-state index contributed by atoms with van der Waals surface area (Å²) in [4.78, 5) is 8.76. The summed E-state index contributed by atoms with van der Waals surface area (Å²) in [6.45, 7) is 4.11. The molecule has 0 unspecified atom stereocenters. The molecule has 3 aromatic rings. The summed E-state index contributed by atoms with van der Waals surface area (Å²) in [5, 5.41) is 3.36. The molecule has 0 aliphatic carbocycles. The van der Waals surface area contributed by atoms with E-state index in [0.717, 1.165) is 32.3 Å². The van der Waals surface area contributed by atoms with Gasteiger partial charge in [0.25, 0.3) is 0 Å². The molecule has 0 aliphatic rings. The van der Waals surface area contributed by atoms with E-state index in [-0.39, 0.29) is 11.8 Å². The van der Waals surface area contributed by atoms with Crippen LogP contribution >= 0.6 is 15.9 Å². The van der Waals surface area contributed by atoms with Gasteiger partial charge in [0.15, 0.2) is 0 Å². The molecule has 0 amide bonds. The van der Waals surface area contributed by atoms with Crippen LogP contribution in [0.5, 0.6) is 0 Å². The molecule has 0 fully saturated rings. The van der Waals surface area contributed by atoms with Crippen LogP contribution in [-0.4, -0.2) is 24.4 Å². The van der Waals surface area contributed by atoms with Crippen molar-refractivity contribution in [2.45, 2.75) is 32.2 Å². The van der Waals surface area contributed by atoms with Gasteiger partial charge in [0.2, 0.25) is 10.0 Å². The molecule has 0 atom stereocenters. The highest BCUT2D eigenvalue weighted by Gasteiger charge is 2.15. The van der Waals surface area contributed by atoms with Crippen molar-refractivity contribution in [2.75, 3.05) is 5.32 Å². The molecule has 8 heteroatoms. The summed E-state index contributed by atoms with van der Waals surface area (Å²) in [6, 6.07) is 11.2. The zero-order valence-electron chi connectivity index (χ0n) is 15.1. The first-order valence-corrected chi connectivity index (χ1v) is 11.0. The van der Waals surface area contributed by atoms with Crippen LogP contribution in [0.4, 0.5) is 5.69 Å². The number of halogens is 1. The number of benzene rings is 1. The molecule has 142 valence electrons. The van der Waals surface area contributed by atoms with Crippen molar-refractivity contribution in [3.63, 3.8) is 0 Å². The molecule has 6 nitrogen and oxygen atoms in total. The SMILES string of the molecule is CC(C)NS(=O)(=O)Cc1ccccc1CNc1ccnc2cc(Br)cnc12. The minimum Gasteiger partial charge on any atom is -0.379 e. The molecule has 3 rings (SSSR count). The lowest BCUT2D eigenvalue weighted by Crippen LogP contribution is -2.31. The Hall–Kier alpha value is -2.03. The van der Waals surface area contributed by atoms with E-state index >= 15 is 0 Å². The van der Waals surface area contributed by atoms with Crippen LogP contribution in [0.3, 0.4) is 0 Å². The van der Waals surface area contributed by atoms with Gasteiger partial charge >= 0.3 is 0 Å². The van der Waals surface area contributed by atoms with Crippen LogP contribution < -0.4 is 10.0 Å².